The summed E-state index contributed by atoms with van der Waals surface area (Å²) in [7, 11) is 4.53. The fourth-order valence-electron chi connectivity index (χ4n) is 0. The number of nitrogens with two attached hydrogens (primary N) is 5. The summed E-state index contributed by atoms with van der Waals surface area (Å²) in [6, 6.07) is 0. The van der Waals surface area contributed by atoms with Crippen molar-refractivity contribution in [2.24, 2.45) is 26.3 Å². The molecule has 0 radical (unpaired) electrons. The molecule has 0 fully saturated rings. The molecular weight excluding hydrogens is 386 g/mol. The quantitative estimate of drug-likeness (QED) is 0.310. The zero-order chi connectivity index (χ0) is 12.0. The molecule has 12 heteroatoms. The van der Waals surface area contributed by atoms with Gasteiger partial charge >= 0.3 is 27.0 Å². The second kappa shape index (κ2) is 416. The standard InChI is InChI=1S/5ClH2N.ClH.Rh/c5*1-2;;/h5*2H2;1H;/q;;;;;;+1/p-1. The molecule has 5 nitrogen and oxygen atoms in total. The first-order chi connectivity index (χ1) is 6.00. The minimum absolute atomic E-state index is 2.02. The number of halogens is 6. The van der Waals surface area contributed by atoms with Crippen molar-refractivity contribution in [3.05, 3.63) is 0 Å². The molecule has 12 heavy (non-hydrogen) atoms. The van der Waals surface area contributed by atoms with Crippen molar-refractivity contribution < 1.29 is 17.3 Å². The fourth-order valence-corrected chi connectivity index (χ4v) is 0. The van der Waals surface area contributed by atoms with Crippen LogP contribution in [0.1, 0.15) is 0 Å². The summed E-state index contributed by atoms with van der Waals surface area (Å²) in [5.41, 5.74) is 0. The summed E-state index contributed by atoms with van der Waals surface area (Å²) in [6.45, 7) is 0. The van der Waals surface area contributed by atoms with Crippen LogP contribution in [0.4, 0.5) is 0 Å². The summed E-state index contributed by atoms with van der Waals surface area (Å²) in [6.07, 6.45) is 0. The fraction of sp³-hybridized carbons (Fsp3) is 0. The molecule has 10 N–H and O–H groups in total. The van der Waals surface area contributed by atoms with Crippen molar-refractivity contribution in [1.29, 1.82) is 0 Å². The molecule has 0 aliphatic heterocycles. The molecule has 86 valence electrons. The minimum atomic E-state index is 2.02. The third kappa shape index (κ3) is 324. The Labute approximate surface area is 111 Å². The maximum atomic E-state index is 4.53. The van der Waals surface area contributed by atoms with Gasteiger partial charge in [0.1, 0.15) is 0 Å². The van der Waals surface area contributed by atoms with Gasteiger partial charge in [0.05, 0.1) is 0 Å². The van der Waals surface area contributed by atoms with Gasteiger partial charge in [-0.3, -0.25) is 0 Å². The monoisotopic (exact) mass is 393 g/mol. The molecule has 0 aromatic heterocycles. The van der Waals surface area contributed by atoms with Crippen molar-refractivity contribution in [2.75, 3.05) is 0 Å². The third-order valence-corrected chi connectivity index (χ3v) is 0. The van der Waals surface area contributed by atoms with Crippen LogP contribution in [0.3, 0.4) is 0 Å². The predicted molar refractivity (Wildman–Crippen MR) is 56.1 cm³/mol. The average Bonchev–Trinajstić information content (AvgIpc) is 2.33. The van der Waals surface area contributed by atoms with Gasteiger partial charge in [0.15, 0.2) is 0 Å². The molecule has 0 bridgehead atoms. The van der Waals surface area contributed by atoms with E-state index < -0.39 is 0 Å². The van der Waals surface area contributed by atoms with Gasteiger partial charge in [-0.1, -0.05) is 0 Å². The summed E-state index contributed by atoms with van der Waals surface area (Å²) in [5.74, 6) is 0. The molecule has 0 aromatic rings. The Balaban J connectivity index is -0.00000000900. The molecule has 0 saturated carbocycles. The average molecular weight is 396 g/mol. The van der Waals surface area contributed by atoms with E-state index in [-0.39, 0.29) is 0 Å². The first-order valence-corrected chi connectivity index (χ1v) is 5.51. The van der Waals surface area contributed by atoms with Gasteiger partial charge in [0.2, 0.25) is 0 Å². The van der Waals surface area contributed by atoms with Gasteiger partial charge in [-0.25, -0.2) is 26.3 Å². The van der Waals surface area contributed by atoms with Crippen LogP contribution in [0.2, 0.25) is 0 Å². The van der Waals surface area contributed by atoms with E-state index in [1.165, 1.54) is 0 Å². The second-order valence-corrected chi connectivity index (χ2v) is 0. The SMILES string of the molecule is NCl.NCl.NCl.NCl.NCl.[Cl][Rh]. The van der Waals surface area contributed by atoms with E-state index in [1.54, 1.807) is 0 Å². The van der Waals surface area contributed by atoms with E-state index >= 15 is 0 Å². The Morgan fingerprint density at radius 3 is 0.417 bits per heavy atom. The Hall–Kier alpha value is 2.16. The Morgan fingerprint density at radius 2 is 0.417 bits per heavy atom. The summed E-state index contributed by atoms with van der Waals surface area (Å²) < 4.78 is 0. The van der Waals surface area contributed by atoms with Crippen LogP contribution >= 0.6 is 68.6 Å². The van der Waals surface area contributed by atoms with Gasteiger partial charge in [-0.2, -0.15) is 0 Å². The van der Waals surface area contributed by atoms with Gasteiger partial charge < -0.3 is 0 Å². The molecule has 0 heterocycles. The molecule has 0 spiro atoms. The molecule has 0 unspecified atom stereocenters. The molecule has 0 atom stereocenters. The number of hydrogen-bond acceptors (Lipinski definition) is 5. The Kier molecular flexibility index (Phi) is 1280. The van der Waals surface area contributed by atoms with Gasteiger partial charge in [-0.05, 0) is 58.9 Å². The van der Waals surface area contributed by atoms with E-state index in [9.17, 15) is 0 Å². The van der Waals surface area contributed by atoms with Crippen molar-refractivity contribution in [3.8, 4) is 0 Å². The van der Waals surface area contributed by atoms with E-state index in [2.05, 4.69) is 94.8 Å². The van der Waals surface area contributed by atoms with Crippen molar-refractivity contribution in [2.45, 2.75) is 0 Å². The normalized spacial score (nSPS) is 3.08. The van der Waals surface area contributed by atoms with E-state index in [0.717, 1.165) is 0 Å². The molecule has 0 aliphatic rings. The van der Waals surface area contributed by atoms with Crippen LogP contribution in [-0.2, 0) is 17.3 Å². The van der Waals surface area contributed by atoms with Gasteiger partial charge in [-0.15, -0.1) is 0 Å². The van der Waals surface area contributed by atoms with E-state index in [4.69, 9.17) is 0 Å². The Morgan fingerprint density at radius 1 is 0.417 bits per heavy atom. The van der Waals surface area contributed by atoms with Crippen molar-refractivity contribution in [3.63, 3.8) is 0 Å². The molecular formula is H10Cl6N5Rh. The Bertz CT molecular complexity index is 15.9. The molecule has 0 aromatic carbocycles. The van der Waals surface area contributed by atoms with E-state index in [0.29, 0.717) is 0 Å². The molecule has 0 aliphatic carbocycles. The first-order valence-electron chi connectivity index (χ1n) is 1.22. The van der Waals surface area contributed by atoms with Crippen LogP contribution in [0, 0.1) is 0 Å². The van der Waals surface area contributed by atoms with Crippen LogP contribution < -0.4 is 26.3 Å². The summed E-state index contributed by atoms with van der Waals surface area (Å²) >= 11 is 22.7. The van der Waals surface area contributed by atoms with Crippen molar-refractivity contribution >= 4 is 68.6 Å². The number of hydrogen-bond donors (Lipinski definition) is 5. The zero-order valence-corrected chi connectivity index (χ0v) is 11.7. The number of rotatable bonds is 0. The molecule has 0 saturated heterocycles. The summed E-state index contributed by atoms with van der Waals surface area (Å²) in [5, 5.41) is 19.9. The van der Waals surface area contributed by atoms with Crippen LogP contribution in [0.15, 0.2) is 0 Å². The van der Waals surface area contributed by atoms with Crippen LogP contribution in [0.5, 0.6) is 0 Å². The van der Waals surface area contributed by atoms with Crippen LogP contribution in [-0.4, -0.2) is 0 Å². The van der Waals surface area contributed by atoms with Crippen LogP contribution in [0.25, 0.3) is 0 Å². The van der Waals surface area contributed by atoms with Gasteiger partial charge in [0, 0.05) is 0 Å². The predicted octanol–water partition coefficient (Wildman–Crippen LogP) is 1.18. The third-order valence-electron chi connectivity index (χ3n) is 0. The topological polar surface area (TPSA) is 130 Å². The van der Waals surface area contributed by atoms with Gasteiger partial charge in [0.25, 0.3) is 0 Å². The van der Waals surface area contributed by atoms with E-state index in [1.807, 2.05) is 17.3 Å². The first kappa shape index (κ1) is 36.8. The second-order valence-electron chi connectivity index (χ2n) is 0. The maximum absolute atomic E-state index is 4.53. The summed E-state index contributed by atoms with van der Waals surface area (Å²) in [4.78, 5) is 0. The zero-order valence-electron chi connectivity index (χ0n) is 5.49. The van der Waals surface area contributed by atoms with Crippen molar-refractivity contribution in [1.82, 2.24) is 0 Å². The molecule has 0 amide bonds. The molecule has 0 rings (SSSR count).